The first-order chi connectivity index (χ1) is 15.2. The van der Waals surface area contributed by atoms with E-state index in [1.165, 1.54) is 6.33 Å². The number of carbonyl (C=O) groups excluding carboxylic acids is 1. The standard InChI is InChI=1S/C22H23N3O6/c1-27-19-11-17-18(12-20(19)28-2)23-13-24-21(17)30-15-5-3-14(4-6-15)25-22(26)31-16-7-9-29-10-8-16/h3-6,11-13,16H,7-10H2,1-2H3,(H,25,26). The summed E-state index contributed by atoms with van der Waals surface area (Å²) in [6.07, 6.45) is 2.25. The Hall–Kier alpha value is -3.59. The molecule has 0 saturated carbocycles. The highest BCUT2D eigenvalue weighted by molar-refractivity contribution is 5.87. The van der Waals surface area contributed by atoms with E-state index in [0.717, 1.165) is 0 Å². The smallest absolute Gasteiger partial charge is 0.411 e. The summed E-state index contributed by atoms with van der Waals surface area (Å²) in [6, 6.07) is 10.5. The Morgan fingerprint density at radius 1 is 1.03 bits per heavy atom. The van der Waals surface area contributed by atoms with Gasteiger partial charge in [-0.15, -0.1) is 0 Å². The fourth-order valence-electron chi connectivity index (χ4n) is 3.25. The predicted octanol–water partition coefficient (Wildman–Crippen LogP) is 4.17. The molecule has 1 aromatic heterocycles. The third-order valence-electron chi connectivity index (χ3n) is 4.86. The fraction of sp³-hybridized carbons (Fsp3) is 0.318. The van der Waals surface area contributed by atoms with Crippen molar-refractivity contribution in [3.05, 3.63) is 42.7 Å². The highest BCUT2D eigenvalue weighted by Crippen LogP contribution is 2.35. The van der Waals surface area contributed by atoms with Crippen molar-refractivity contribution >= 4 is 22.7 Å². The van der Waals surface area contributed by atoms with E-state index in [2.05, 4.69) is 15.3 Å². The molecule has 0 unspecified atom stereocenters. The highest BCUT2D eigenvalue weighted by Gasteiger charge is 2.18. The van der Waals surface area contributed by atoms with Gasteiger partial charge in [-0.25, -0.2) is 14.8 Å². The molecule has 9 heteroatoms. The third kappa shape index (κ3) is 4.95. The minimum Gasteiger partial charge on any atom is -0.493 e. The Morgan fingerprint density at radius 3 is 2.45 bits per heavy atom. The molecular weight excluding hydrogens is 402 g/mol. The number of nitrogens with zero attached hydrogens (tertiary/aromatic N) is 2. The van der Waals surface area contributed by atoms with Gasteiger partial charge in [0.15, 0.2) is 11.5 Å². The molecular formula is C22H23N3O6. The lowest BCUT2D eigenvalue weighted by Crippen LogP contribution is -2.28. The minimum absolute atomic E-state index is 0.113. The molecule has 2 heterocycles. The van der Waals surface area contributed by atoms with Crippen molar-refractivity contribution in [1.29, 1.82) is 0 Å². The van der Waals surface area contributed by atoms with Crippen molar-refractivity contribution < 1.29 is 28.5 Å². The molecule has 31 heavy (non-hydrogen) atoms. The van der Waals surface area contributed by atoms with Gasteiger partial charge in [0.1, 0.15) is 18.2 Å². The second-order valence-electron chi connectivity index (χ2n) is 6.87. The first-order valence-electron chi connectivity index (χ1n) is 9.86. The number of anilines is 1. The molecule has 3 aromatic rings. The minimum atomic E-state index is -0.483. The molecule has 0 aliphatic carbocycles. The van der Waals surface area contributed by atoms with Gasteiger partial charge in [-0.2, -0.15) is 0 Å². The second-order valence-corrected chi connectivity index (χ2v) is 6.87. The number of methoxy groups -OCH3 is 2. The van der Waals surface area contributed by atoms with Crippen molar-refractivity contribution in [3.8, 4) is 23.1 Å². The van der Waals surface area contributed by atoms with E-state index in [1.807, 2.05) is 0 Å². The van der Waals surface area contributed by atoms with E-state index in [0.29, 0.717) is 65.8 Å². The van der Waals surface area contributed by atoms with Crippen molar-refractivity contribution in [2.24, 2.45) is 0 Å². The lowest BCUT2D eigenvalue weighted by molar-refractivity contribution is 0.00592. The van der Waals surface area contributed by atoms with Crippen LogP contribution in [0.25, 0.3) is 10.9 Å². The average molecular weight is 425 g/mol. The zero-order valence-electron chi connectivity index (χ0n) is 17.3. The summed E-state index contributed by atoms with van der Waals surface area (Å²) in [5, 5.41) is 3.41. The molecule has 0 radical (unpaired) electrons. The summed E-state index contributed by atoms with van der Waals surface area (Å²) < 4.78 is 27.3. The number of nitrogens with one attached hydrogen (secondary N) is 1. The van der Waals surface area contributed by atoms with Crippen LogP contribution in [0, 0.1) is 0 Å². The molecule has 0 spiro atoms. The van der Waals surface area contributed by atoms with Crippen molar-refractivity contribution in [1.82, 2.24) is 9.97 Å². The van der Waals surface area contributed by atoms with Gasteiger partial charge in [0, 0.05) is 24.6 Å². The molecule has 1 aliphatic heterocycles. The van der Waals surface area contributed by atoms with E-state index >= 15 is 0 Å². The van der Waals surface area contributed by atoms with Crippen molar-refractivity contribution in [3.63, 3.8) is 0 Å². The van der Waals surface area contributed by atoms with Crippen LogP contribution in [0.5, 0.6) is 23.1 Å². The molecule has 0 atom stereocenters. The number of rotatable bonds is 6. The van der Waals surface area contributed by atoms with E-state index in [-0.39, 0.29) is 6.10 Å². The maximum absolute atomic E-state index is 12.1. The molecule has 0 bridgehead atoms. The van der Waals surface area contributed by atoms with Crippen LogP contribution in [0.1, 0.15) is 12.8 Å². The maximum Gasteiger partial charge on any atom is 0.411 e. The summed E-state index contributed by atoms with van der Waals surface area (Å²) in [5.74, 6) is 2.06. The first-order valence-corrected chi connectivity index (χ1v) is 9.86. The van der Waals surface area contributed by atoms with Gasteiger partial charge in [0.2, 0.25) is 5.88 Å². The van der Waals surface area contributed by atoms with Gasteiger partial charge in [-0.3, -0.25) is 5.32 Å². The predicted molar refractivity (Wildman–Crippen MR) is 113 cm³/mol. The molecule has 162 valence electrons. The molecule has 1 saturated heterocycles. The zero-order chi connectivity index (χ0) is 21.6. The Bertz CT molecular complexity index is 1050. The lowest BCUT2D eigenvalue weighted by atomic mass is 10.2. The molecule has 9 nitrogen and oxygen atoms in total. The summed E-state index contributed by atoms with van der Waals surface area (Å²) in [5.41, 5.74) is 1.26. The molecule has 1 N–H and O–H groups in total. The van der Waals surface area contributed by atoms with Crippen LogP contribution in [-0.4, -0.2) is 49.6 Å². The van der Waals surface area contributed by atoms with Crippen LogP contribution in [-0.2, 0) is 9.47 Å². The number of fused-ring (bicyclic) bond motifs is 1. The SMILES string of the molecule is COc1cc2ncnc(Oc3ccc(NC(=O)OC4CCOCC4)cc3)c2cc1OC. The van der Waals surface area contributed by atoms with Gasteiger partial charge < -0.3 is 23.7 Å². The zero-order valence-corrected chi connectivity index (χ0v) is 17.3. The summed E-state index contributed by atoms with van der Waals surface area (Å²) >= 11 is 0. The second kappa shape index (κ2) is 9.48. The molecule has 1 fully saturated rings. The third-order valence-corrected chi connectivity index (χ3v) is 4.86. The monoisotopic (exact) mass is 425 g/mol. The largest absolute Gasteiger partial charge is 0.493 e. The molecule has 1 aliphatic rings. The number of hydrogen-bond acceptors (Lipinski definition) is 8. The summed E-state index contributed by atoms with van der Waals surface area (Å²) in [6.45, 7) is 1.22. The van der Waals surface area contributed by atoms with Gasteiger partial charge in [0.25, 0.3) is 0 Å². The van der Waals surface area contributed by atoms with Gasteiger partial charge in [-0.05, 0) is 30.3 Å². The van der Waals surface area contributed by atoms with Crippen LogP contribution >= 0.6 is 0 Å². The molecule has 2 aromatic carbocycles. The van der Waals surface area contributed by atoms with Gasteiger partial charge in [0.05, 0.1) is 38.3 Å². The van der Waals surface area contributed by atoms with E-state index in [1.54, 1.807) is 50.6 Å². The topological polar surface area (TPSA) is 101 Å². The summed E-state index contributed by atoms with van der Waals surface area (Å²) in [4.78, 5) is 20.6. The Kier molecular flexibility index (Phi) is 6.32. The molecule has 1 amide bonds. The Morgan fingerprint density at radius 2 is 1.74 bits per heavy atom. The first kappa shape index (κ1) is 20.7. The number of amides is 1. The number of benzene rings is 2. The quantitative estimate of drug-likeness (QED) is 0.628. The van der Waals surface area contributed by atoms with Crippen LogP contribution in [0.2, 0.25) is 0 Å². The van der Waals surface area contributed by atoms with Crippen LogP contribution in [0.4, 0.5) is 10.5 Å². The number of aromatic nitrogens is 2. The number of ether oxygens (including phenoxy) is 5. The summed E-state index contributed by atoms with van der Waals surface area (Å²) in [7, 11) is 3.13. The lowest BCUT2D eigenvalue weighted by Gasteiger charge is -2.22. The van der Waals surface area contributed by atoms with Gasteiger partial charge in [-0.1, -0.05) is 0 Å². The fourth-order valence-corrected chi connectivity index (χ4v) is 3.25. The van der Waals surface area contributed by atoms with Crippen LogP contribution < -0.4 is 19.5 Å². The van der Waals surface area contributed by atoms with Crippen molar-refractivity contribution in [2.75, 3.05) is 32.8 Å². The Labute approximate surface area is 179 Å². The highest BCUT2D eigenvalue weighted by atomic mass is 16.6. The number of hydrogen-bond donors (Lipinski definition) is 1. The maximum atomic E-state index is 12.1. The van der Waals surface area contributed by atoms with E-state index in [9.17, 15) is 4.79 Å². The molecule has 4 rings (SSSR count). The van der Waals surface area contributed by atoms with Gasteiger partial charge >= 0.3 is 6.09 Å². The van der Waals surface area contributed by atoms with E-state index in [4.69, 9.17) is 23.7 Å². The average Bonchev–Trinajstić information content (AvgIpc) is 2.80. The normalized spacial score (nSPS) is 14.1. The number of carbonyl (C=O) groups is 1. The van der Waals surface area contributed by atoms with Crippen LogP contribution in [0.3, 0.4) is 0 Å². The van der Waals surface area contributed by atoms with Crippen molar-refractivity contribution in [2.45, 2.75) is 18.9 Å². The van der Waals surface area contributed by atoms with E-state index < -0.39 is 6.09 Å². The van der Waals surface area contributed by atoms with Crippen LogP contribution in [0.15, 0.2) is 42.7 Å². The Balaban J connectivity index is 1.45.